The number of para-hydroxylation sites is 2. The molecule has 0 radical (unpaired) electrons. The molecular weight excluding hydrogens is 457 g/mol. The standard InChI is InChI=1S/C24H24FN5O3S/c1-15(23(32)29-14-21(31)26-19-6-2-3-7-20(19)29)34-24-28-27-22(16-8-10-17(25)11-9-16)30(24)13-18-5-4-12-33-18/h2-3,6-11,15,18H,4-5,12-14H2,1H3,(H,26,31)/t15-,18+/m0/s1. The maximum atomic E-state index is 13.5. The molecule has 0 aliphatic carbocycles. The van der Waals surface area contributed by atoms with Crippen molar-refractivity contribution < 1.29 is 18.7 Å². The number of carbonyl (C=O) groups is 2. The molecule has 176 valence electrons. The Bertz CT molecular complexity index is 1210. The summed E-state index contributed by atoms with van der Waals surface area (Å²) in [4.78, 5) is 27.1. The van der Waals surface area contributed by atoms with E-state index in [-0.39, 0.29) is 30.3 Å². The van der Waals surface area contributed by atoms with Gasteiger partial charge in [-0.1, -0.05) is 23.9 Å². The molecule has 0 unspecified atom stereocenters. The molecule has 1 saturated heterocycles. The lowest BCUT2D eigenvalue weighted by Gasteiger charge is -2.30. The fourth-order valence-electron chi connectivity index (χ4n) is 4.20. The molecule has 3 aromatic rings. The van der Waals surface area contributed by atoms with E-state index in [1.165, 1.54) is 28.8 Å². The average Bonchev–Trinajstić information content (AvgIpc) is 3.49. The Morgan fingerprint density at radius 1 is 1.24 bits per heavy atom. The SMILES string of the molecule is C[C@H](Sc1nnc(-c2ccc(F)cc2)n1C[C@H]1CCCO1)C(=O)N1CC(=O)Nc2ccccc21. The summed E-state index contributed by atoms with van der Waals surface area (Å²) in [6, 6.07) is 13.3. The molecule has 0 spiro atoms. The number of nitrogens with one attached hydrogen (secondary N) is 1. The highest BCUT2D eigenvalue weighted by Gasteiger charge is 2.31. The Morgan fingerprint density at radius 3 is 2.79 bits per heavy atom. The molecule has 1 N–H and O–H groups in total. The number of benzene rings is 2. The Hall–Kier alpha value is -3.24. The van der Waals surface area contributed by atoms with Crippen LogP contribution in [0.25, 0.3) is 11.4 Å². The van der Waals surface area contributed by atoms with Crippen molar-refractivity contribution in [2.45, 2.75) is 42.8 Å². The van der Waals surface area contributed by atoms with E-state index in [0.29, 0.717) is 35.5 Å². The van der Waals surface area contributed by atoms with Crippen LogP contribution in [0.5, 0.6) is 0 Å². The minimum absolute atomic E-state index is 0.0261. The number of aromatic nitrogens is 3. The van der Waals surface area contributed by atoms with Crippen LogP contribution < -0.4 is 10.2 Å². The fraction of sp³-hybridized carbons (Fsp3) is 0.333. The second-order valence-electron chi connectivity index (χ2n) is 8.31. The van der Waals surface area contributed by atoms with E-state index >= 15 is 0 Å². The van der Waals surface area contributed by atoms with E-state index in [1.54, 1.807) is 25.1 Å². The quantitative estimate of drug-likeness (QED) is 0.540. The summed E-state index contributed by atoms with van der Waals surface area (Å²) in [5.41, 5.74) is 2.02. The fourth-order valence-corrected chi connectivity index (χ4v) is 5.12. The van der Waals surface area contributed by atoms with Gasteiger partial charge in [-0.05, 0) is 56.2 Å². The maximum absolute atomic E-state index is 13.5. The van der Waals surface area contributed by atoms with Gasteiger partial charge >= 0.3 is 0 Å². The first kappa shape index (κ1) is 22.5. The summed E-state index contributed by atoms with van der Waals surface area (Å²) in [7, 11) is 0. The minimum atomic E-state index is -0.521. The summed E-state index contributed by atoms with van der Waals surface area (Å²) in [6.07, 6.45) is 1.95. The van der Waals surface area contributed by atoms with E-state index < -0.39 is 5.25 Å². The smallest absolute Gasteiger partial charge is 0.244 e. The van der Waals surface area contributed by atoms with Crippen LogP contribution in [0.2, 0.25) is 0 Å². The van der Waals surface area contributed by atoms with Gasteiger partial charge in [-0.2, -0.15) is 0 Å². The van der Waals surface area contributed by atoms with Gasteiger partial charge in [-0.25, -0.2) is 4.39 Å². The van der Waals surface area contributed by atoms with Crippen LogP contribution in [0, 0.1) is 5.82 Å². The van der Waals surface area contributed by atoms with Gasteiger partial charge in [-0.3, -0.25) is 19.1 Å². The third kappa shape index (κ3) is 4.55. The van der Waals surface area contributed by atoms with Crippen molar-refractivity contribution >= 4 is 35.0 Å². The molecule has 1 aromatic heterocycles. The van der Waals surface area contributed by atoms with E-state index in [0.717, 1.165) is 18.4 Å². The number of carbonyl (C=O) groups excluding carboxylic acids is 2. The summed E-state index contributed by atoms with van der Waals surface area (Å²) in [5.74, 6) is -0.152. The van der Waals surface area contributed by atoms with E-state index in [9.17, 15) is 14.0 Å². The summed E-state index contributed by atoms with van der Waals surface area (Å²) in [6.45, 7) is 3.01. The molecule has 2 aliphatic rings. The first-order valence-electron chi connectivity index (χ1n) is 11.2. The van der Waals surface area contributed by atoms with Gasteiger partial charge in [0, 0.05) is 12.2 Å². The van der Waals surface area contributed by atoms with Crippen molar-refractivity contribution in [2.24, 2.45) is 0 Å². The van der Waals surface area contributed by atoms with Crippen LogP contribution in [-0.4, -0.2) is 51.1 Å². The van der Waals surface area contributed by atoms with Crippen molar-refractivity contribution in [3.05, 3.63) is 54.3 Å². The zero-order valence-corrected chi connectivity index (χ0v) is 19.4. The number of hydrogen-bond acceptors (Lipinski definition) is 6. The molecule has 34 heavy (non-hydrogen) atoms. The monoisotopic (exact) mass is 481 g/mol. The Labute approximate surface area is 200 Å². The first-order valence-corrected chi connectivity index (χ1v) is 12.0. The van der Waals surface area contributed by atoms with Gasteiger partial charge in [0.1, 0.15) is 12.4 Å². The van der Waals surface area contributed by atoms with E-state index in [2.05, 4.69) is 15.5 Å². The van der Waals surface area contributed by atoms with Crippen molar-refractivity contribution in [3.8, 4) is 11.4 Å². The molecule has 10 heteroatoms. The number of hydrogen-bond donors (Lipinski definition) is 1. The minimum Gasteiger partial charge on any atom is -0.376 e. The van der Waals surface area contributed by atoms with Gasteiger partial charge in [0.25, 0.3) is 0 Å². The number of fused-ring (bicyclic) bond motifs is 1. The van der Waals surface area contributed by atoms with Crippen molar-refractivity contribution in [1.29, 1.82) is 0 Å². The third-order valence-corrected chi connectivity index (χ3v) is 6.96. The molecular formula is C24H24FN5O3S. The number of rotatable bonds is 6. The second-order valence-corrected chi connectivity index (χ2v) is 9.62. The van der Waals surface area contributed by atoms with Crippen LogP contribution >= 0.6 is 11.8 Å². The molecule has 2 aromatic carbocycles. The summed E-state index contributed by atoms with van der Waals surface area (Å²) < 4.78 is 21.2. The Balaban J connectivity index is 1.41. The maximum Gasteiger partial charge on any atom is 0.244 e. The molecule has 0 bridgehead atoms. The highest BCUT2D eigenvalue weighted by molar-refractivity contribution is 8.00. The van der Waals surface area contributed by atoms with Crippen LogP contribution in [-0.2, 0) is 20.9 Å². The van der Waals surface area contributed by atoms with Crippen LogP contribution in [0.1, 0.15) is 19.8 Å². The Morgan fingerprint density at radius 2 is 2.03 bits per heavy atom. The van der Waals surface area contributed by atoms with Gasteiger partial charge in [0.05, 0.1) is 29.3 Å². The summed E-state index contributed by atoms with van der Waals surface area (Å²) in [5, 5.41) is 11.6. The molecule has 3 heterocycles. The van der Waals surface area contributed by atoms with E-state index in [1.807, 2.05) is 22.8 Å². The van der Waals surface area contributed by atoms with Crippen LogP contribution in [0.4, 0.5) is 15.8 Å². The molecule has 8 nitrogen and oxygen atoms in total. The van der Waals surface area contributed by atoms with Crippen LogP contribution in [0.15, 0.2) is 53.7 Å². The van der Waals surface area contributed by atoms with Gasteiger partial charge in [0.2, 0.25) is 11.8 Å². The second kappa shape index (κ2) is 9.55. The molecule has 1 fully saturated rings. The van der Waals surface area contributed by atoms with Crippen molar-refractivity contribution in [1.82, 2.24) is 14.8 Å². The molecule has 5 rings (SSSR count). The number of anilines is 2. The predicted octanol–water partition coefficient (Wildman–Crippen LogP) is 3.73. The highest BCUT2D eigenvalue weighted by atomic mass is 32.2. The van der Waals surface area contributed by atoms with Gasteiger partial charge < -0.3 is 10.1 Å². The van der Waals surface area contributed by atoms with Gasteiger partial charge in [-0.15, -0.1) is 10.2 Å². The first-order chi connectivity index (χ1) is 16.5. The third-order valence-electron chi connectivity index (χ3n) is 5.90. The zero-order valence-electron chi connectivity index (χ0n) is 18.6. The number of halogens is 1. The number of amides is 2. The average molecular weight is 482 g/mol. The molecule has 0 saturated carbocycles. The summed E-state index contributed by atoms with van der Waals surface area (Å²) >= 11 is 1.29. The predicted molar refractivity (Wildman–Crippen MR) is 127 cm³/mol. The molecule has 2 aliphatic heterocycles. The number of thioether (sulfide) groups is 1. The van der Waals surface area contributed by atoms with E-state index in [4.69, 9.17) is 4.74 Å². The lowest BCUT2D eigenvalue weighted by Crippen LogP contribution is -2.45. The number of nitrogens with zero attached hydrogens (tertiary/aromatic N) is 4. The van der Waals surface area contributed by atoms with Gasteiger partial charge in [0.15, 0.2) is 11.0 Å². The zero-order chi connectivity index (χ0) is 23.7. The Kier molecular flexibility index (Phi) is 6.34. The molecule has 2 atom stereocenters. The normalized spacial score (nSPS) is 18.5. The van der Waals surface area contributed by atoms with Crippen LogP contribution in [0.3, 0.4) is 0 Å². The highest BCUT2D eigenvalue weighted by Crippen LogP contribution is 2.33. The lowest BCUT2D eigenvalue weighted by atomic mass is 10.2. The van der Waals surface area contributed by atoms with Crippen molar-refractivity contribution in [2.75, 3.05) is 23.4 Å². The van der Waals surface area contributed by atoms with Crippen molar-refractivity contribution in [3.63, 3.8) is 0 Å². The lowest BCUT2D eigenvalue weighted by molar-refractivity contribution is -0.121. The molecule has 2 amide bonds. The number of ether oxygens (including phenoxy) is 1. The largest absolute Gasteiger partial charge is 0.376 e. The topological polar surface area (TPSA) is 89.3 Å².